The van der Waals surface area contributed by atoms with Crippen LogP contribution in [0.1, 0.15) is 38.6 Å². The Balaban J connectivity index is 2.43. The fourth-order valence-corrected chi connectivity index (χ4v) is 2.24. The van der Waals surface area contributed by atoms with Gasteiger partial charge in [-0.15, -0.1) is 0 Å². The Kier molecular flexibility index (Phi) is 3.78. The predicted octanol–water partition coefficient (Wildman–Crippen LogP) is 3.77. The summed E-state index contributed by atoms with van der Waals surface area (Å²) in [6.45, 7) is 3.07. The van der Waals surface area contributed by atoms with Gasteiger partial charge < -0.3 is 0 Å². The van der Waals surface area contributed by atoms with E-state index in [0.717, 1.165) is 17.5 Å². The molecule has 0 amide bonds. The van der Waals surface area contributed by atoms with Crippen LogP contribution in [0.3, 0.4) is 0 Å². The quantitative estimate of drug-likeness (QED) is 0.837. The van der Waals surface area contributed by atoms with Gasteiger partial charge in [0.2, 0.25) is 0 Å². The first-order chi connectivity index (χ1) is 8.91. The summed E-state index contributed by atoms with van der Waals surface area (Å²) < 4.78 is 40.5. The van der Waals surface area contributed by atoms with Crippen molar-refractivity contribution in [2.24, 2.45) is 5.92 Å². The Bertz CT molecular complexity index is 497. The first-order valence-electron chi connectivity index (χ1n) is 6.24. The van der Waals surface area contributed by atoms with Gasteiger partial charge in [-0.2, -0.15) is 18.3 Å². The SMILES string of the molecule is CC(C)C(n1ncnc1C1=CCCC=C1)C(F)(F)F. The van der Waals surface area contributed by atoms with Crippen LogP contribution in [0.4, 0.5) is 13.2 Å². The van der Waals surface area contributed by atoms with Crippen molar-refractivity contribution < 1.29 is 13.2 Å². The molecule has 1 aromatic heterocycles. The zero-order valence-electron chi connectivity index (χ0n) is 10.9. The molecule has 6 heteroatoms. The fourth-order valence-electron chi connectivity index (χ4n) is 2.24. The molecule has 0 saturated carbocycles. The Morgan fingerprint density at radius 1 is 1.26 bits per heavy atom. The molecule has 0 N–H and O–H groups in total. The molecule has 0 aromatic carbocycles. The maximum atomic E-state index is 13.2. The van der Waals surface area contributed by atoms with Gasteiger partial charge in [0.1, 0.15) is 6.33 Å². The topological polar surface area (TPSA) is 30.7 Å². The summed E-state index contributed by atoms with van der Waals surface area (Å²) in [7, 11) is 0. The van der Waals surface area contributed by atoms with Crippen molar-refractivity contribution in [3.05, 3.63) is 30.4 Å². The van der Waals surface area contributed by atoms with Gasteiger partial charge in [0.25, 0.3) is 0 Å². The first-order valence-corrected chi connectivity index (χ1v) is 6.24. The van der Waals surface area contributed by atoms with E-state index in [4.69, 9.17) is 0 Å². The van der Waals surface area contributed by atoms with E-state index in [2.05, 4.69) is 10.1 Å². The summed E-state index contributed by atoms with van der Waals surface area (Å²) in [5.41, 5.74) is 0.707. The lowest BCUT2D eigenvalue weighted by molar-refractivity contribution is -0.181. The van der Waals surface area contributed by atoms with E-state index in [9.17, 15) is 13.2 Å². The molecule has 1 aromatic rings. The van der Waals surface area contributed by atoms with E-state index >= 15 is 0 Å². The molecule has 1 atom stereocenters. The van der Waals surface area contributed by atoms with Crippen LogP contribution in [-0.4, -0.2) is 20.9 Å². The molecule has 1 aliphatic carbocycles. The van der Waals surface area contributed by atoms with Gasteiger partial charge in [-0.1, -0.05) is 32.1 Å². The second-order valence-electron chi connectivity index (χ2n) is 4.90. The summed E-state index contributed by atoms with van der Waals surface area (Å²) >= 11 is 0. The minimum absolute atomic E-state index is 0.284. The van der Waals surface area contributed by atoms with Gasteiger partial charge >= 0.3 is 6.18 Å². The van der Waals surface area contributed by atoms with Crippen LogP contribution in [0, 0.1) is 5.92 Å². The highest BCUT2D eigenvalue weighted by Crippen LogP contribution is 2.37. The lowest BCUT2D eigenvalue weighted by Crippen LogP contribution is -2.32. The van der Waals surface area contributed by atoms with Crippen LogP contribution in [0.2, 0.25) is 0 Å². The van der Waals surface area contributed by atoms with Crippen molar-refractivity contribution >= 4 is 5.57 Å². The minimum atomic E-state index is -4.34. The molecule has 1 aliphatic rings. The number of rotatable bonds is 3. The number of aromatic nitrogens is 3. The van der Waals surface area contributed by atoms with Crippen molar-refractivity contribution in [3.63, 3.8) is 0 Å². The predicted molar refractivity (Wildman–Crippen MR) is 66.3 cm³/mol. The summed E-state index contributed by atoms with van der Waals surface area (Å²) in [6, 6.07) is -1.65. The van der Waals surface area contributed by atoms with E-state index in [1.807, 2.05) is 12.2 Å². The first kappa shape index (κ1) is 13.8. The van der Waals surface area contributed by atoms with Gasteiger partial charge in [-0.05, 0) is 18.8 Å². The summed E-state index contributed by atoms with van der Waals surface area (Å²) in [5, 5.41) is 3.79. The molecule has 3 nitrogen and oxygen atoms in total. The molecule has 1 heterocycles. The number of allylic oxidation sites excluding steroid dienone is 4. The molecule has 19 heavy (non-hydrogen) atoms. The van der Waals surface area contributed by atoms with E-state index in [-0.39, 0.29) is 5.82 Å². The van der Waals surface area contributed by atoms with E-state index < -0.39 is 18.1 Å². The fraction of sp³-hybridized carbons (Fsp3) is 0.538. The van der Waals surface area contributed by atoms with E-state index in [1.165, 1.54) is 20.2 Å². The molecule has 0 bridgehead atoms. The van der Waals surface area contributed by atoms with E-state index in [1.54, 1.807) is 6.08 Å². The van der Waals surface area contributed by atoms with Gasteiger partial charge in [0, 0.05) is 5.57 Å². The van der Waals surface area contributed by atoms with Gasteiger partial charge in [0.05, 0.1) is 0 Å². The highest BCUT2D eigenvalue weighted by molar-refractivity contribution is 5.70. The normalized spacial score (nSPS) is 17.7. The van der Waals surface area contributed by atoms with Crippen LogP contribution < -0.4 is 0 Å². The lowest BCUT2D eigenvalue weighted by Gasteiger charge is -2.25. The Morgan fingerprint density at radius 2 is 2.00 bits per heavy atom. The lowest BCUT2D eigenvalue weighted by atomic mass is 10.0. The number of halogens is 3. The standard InChI is InChI=1S/C13H16F3N3/c1-9(2)11(13(14,15)16)19-12(17-8-18-19)10-6-4-3-5-7-10/h4,6-9,11H,3,5H2,1-2H3. The smallest absolute Gasteiger partial charge is 0.233 e. The van der Waals surface area contributed by atoms with Crippen LogP contribution in [0.15, 0.2) is 24.6 Å². The van der Waals surface area contributed by atoms with Crippen molar-refractivity contribution in [1.29, 1.82) is 0 Å². The maximum Gasteiger partial charge on any atom is 0.411 e. The Labute approximate surface area is 109 Å². The highest BCUT2D eigenvalue weighted by atomic mass is 19.4. The van der Waals surface area contributed by atoms with E-state index in [0.29, 0.717) is 5.57 Å². The van der Waals surface area contributed by atoms with Gasteiger partial charge in [0.15, 0.2) is 11.9 Å². The Morgan fingerprint density at radius 3 is 2.53 bits per heavy atom. The van der Waals surface area contributed by atoms with Gasteiger partial charge in [-0.3, -0.25) is 0 Å². The maximum absolute atomic E-state index is 13.2. The van der Waals surface area contributed by atoms with Crippen molar-refractivity contribution in [1.82, 2.24) is 14.8 Å². The molecule has 0 spiro atoms. The summed E-state index contributed by atoms with van der Waals surface area (Å²) in [5.74, 6) is -0.319. The van der Waals surface area contributed by atoms with Gasteiger partial charge in [-0.25, -0.2) is 9.67 Å². The second-order valence-corrected chi connectivity index (χ2v) is 4.90. The molecule has 104 valence electrons. The molecule has 2 rings (SSSR count). The van der Waals surface area contributed by atoms with Crippen LogP contribution in [0.5, 0.6) is 0 Å². The molecule has 0 fully saturated rings. The molecule has 0 saturated heterocycles. The molecular formula is C13H16F3N3. The molecule has 0 aliphatic heterocycles. The number of nitrogens with zero attached hydrogens (tertiary/aromatic N) is 3. The van der Waals surface area contributed by atoms with Crippen molar-refractivity contribution in [2.45, 2.75) is 38.9 Å². The molecular weight excluding hydrogens is 255 g/mol. The highest BCUT2D eigenvalue weighted by Gasteiger charge is 2.44. The summed E-state index contributed by atoms with van der Waals surface area (Å²) in [6.07, 6.45) is 4.20. The zero-order chi connectivity index (χ0) is 14.0. The summed E-state index contributed by atoms with van der Waals surface area (Å²) in [4.78, 5) is 3.99. The second kappa shape index (κ2) is 5.19. The van der Waals surface area contributed by atoms with Crippen molar-refractivity contribution in [2.75, 3.05) is 0 Å². The number of hydrogen-bond acceptors (Lipinski definition) is 2. The third-order valence-corrected chi connectivity index (χ3v) is 3.06. The van der Waals surface area contributed by atoms with Crippen molar-refractivity contribution in [3.8, 4) is 0 Å². The minimum Gasteiger partial charge on any atom is -0.233 e. The average Bonchev–Trinajstić information content (AvgIpc) is 2.76. The van der Waals surface area contributed by atoms with Crippen LogP contribution >= 0.6 is 0 Å². The van der Waals surface area contributed by atoms with Crippen LogP contribution in [0.25, 0.3) is 5.57 Å². The largest absolute Gasteiger partial charge is 0.411 e. The number of hydrogen-bond donors (Lipinski definition) is 0. The Hall–Kier alpha value is -1.59. The molecule has 0 radical (unpaired) electrons. The van der Waals surface area contributed by atoms with Crippen LogP contribution in [-0.2, 0) is 0 Å². The number of alkyl halides is 3. The third kappa shape index (κ3) is 2.88. The molecule has 1 unspecified atom stereocenters. The average molecular weight is 271 g/mol. The monoisotopic (exact) mass is 271 g/mol. The third-order valence-electron chi connectivity index (χ3n) is 3.06. The zero-order valence-corrected chi connectivity index (χ0v) is 10.9.